The maximum atomic E-state index is 13.9. The van der Waals surface area contributed by atoms with Gasteiger partial charge in [0, 0.05) is 54.6 Å². The molecule has 0 atom stereocenters. The molecule has 1 aliphatic heterocycles. The Balaban J connectivity index is 1.76. The summed E-state index contributed by atoms with van der Waals surface area (Å²) in [5.74, 6) is 2.39. The zero-order chi connectivity index (χ0) is 24.7. The monoisotopic (exact) mass is 478 g/mol. The first-order chi connectivity index (χ1) is 16.9. The molecule has 2 aromatic carbocycles. The summed E-state index contributed by atoms with van der Waals surface area (Å²) in [7, 11) is 9.34. The number of ether oxygens (including phenoxy) is 4. The molecule has 184 valence electrons. The van der Waals surface area contributed by atoms with Crippen molar-refractivity contribution in [2.45, 2.75) is 6.54 Å². The van der Waals surface area contributed by atoms with Gasteiger partial charge in [0.1, 0.15) is 0 Å². The van der Waals surface area contributed by atoms with Crippen molar-refractivity contribution in [3.63, 3.8) is 0 Å². The lowest BCUT2D eigenvalue weighted by molar-refractivity contribution is 0.174. The first-order valence-corrected chi connectivity index (χ1v) is 11.5. The van der Waals surface area contributed by atoms with Gasteiger partial charge in [-0.2, -0.15) is 0 Å². The maximum Gasteiger partial charge on any atom is 0.259 e. The minimum Gasteiger partial charge on any atom is -0.493 e. The topological polar surface area (TPSA) is 78.3 Å². The molecule has 0 spiro atoms. The minimum atomic E-state index is -0.0837. The van der Waals surface area contributed by atoms with E-state index in [0.29, 0.717) is 34.9 Å². The Hall–Kier alpha value is -3.56. The second-order valence-electron chi connectivity index (χ2n) is 9.06. The van der Waals surface area contributed by atoms with Crippen LogP contribution in [0.15, 0.2) is 35.3 Å². The molecule has 0 saturated heterocycles. The first-order valence-electron chi connectivity index (χ1n) is 11.5. The summed E-state index contributed by atoms with van der Waals surface area (Å²) in [4.78, 5) is 23.0. The van der Waals surface area contributed by atoms with E-state index < -0.39 is 0 Å². The van der Waals surface area contributed by atoms with Crippen molar-refractivity contribution in [3.05, 3.63) is 40.8 Å². The van der Waals surface area contributed by atoms with Gasteiger partial charge in [0.15, 0.2) is 23.0 Å². The molecule has 0 amide bonds. The molecule has 3 heterocycles. The summed E-state index contributed by atoms with van der Waals surface area (Å²) in [6.07, 6.45) is 1.82. The van der Waals surface area contributed by atoms with E-state index in [1.165, 1.54) is 0 Å². The van der Waals surface area contributed by atoms with Gasteiger partial charge in [-0.3, -0.25) is 9.78 Å². The summed E-state index contributed by atoms with van der Waals surface area (Å²) in [5.41, 5.74) is 1.48. The molecule has 35 heavy (non-hydrogen) atoms. The lowest BCUT2D eigenvalue weighted by atomic mass is 10.0. The zero-order valence-corrected chi connectivity index (χ0v) is 20.8. The largest absolute Gasteiger partial charge is 0.493 e. The van der Waals surface area contributed by atoms with Crippen LogP contribution >= 0.6 is 0 Å². The number of rotatable bonds is 8. The van der Waals surface area contributed by atoms with E-state index >= 15 is 0 Å². The number of nitrogens with zero attached hydrogens (tertiary/aromatic N) is 4. The highest BCUT2D eigenvalue weighted by atomic mass is 16.7. The number of fused-ring (bicyclic) bond motifs is 6. The summed E-state index contributed by atoms with van der Waals surface area (Å²) < 4.78 is 24.1. The molecule has 0 N–H and O–H groups in total. The van der Waals surface area contributed by atoms with Crippen molar-refractivity contribution >= 4 is 32.6 Å². The van der Waals surface area contributed by atoms with E-state index in [9.17, 15) is 4.79 Å². The van der Waals surface area contributed by atoms with Crippen molar-refractivity contribution in [1.82, 2.24) is 19.4 Å². The smallest absolute Gasteiger partial charge is 0.259 e. The average molecular weight is 479 g/mol. The molecule has 5 rings (SSSR count). The molecule has 0 aliphatic carbocycles. The van der Waals surface area contributed by atoms with E-state index in [2.05, 4.69) is 30.9 Å². The zero-order valence-electron chi connectivity index (χ0n) is 20.8. The van der Waals surface area contributed by atoms with Crippen molar-refractivity contribution < 1.29 is 18.9 Å². The fourth-order valence-corrected chi connectivity index (χ4v) is 4.55. The third-order valence-corrected chi connectivity index (χ3v) is 6.53. The molecule has 9 heteroatoms. The summed E-state index contributed by atoms with van der Waals surface area (Å²) in [5, 5.41) is 3.04. The van der Waals surface area contributed by atoms with Crippen molar-refractivity contribution in [2.75, 3.05) is 61.8 Å². The number of aromatic nitrogens is 2. The van der Waals surface area contributed by atoms with Gasteiger partial charge in [-0.15, -0.1) is 0 Å². The Labute approximate surface area is 203 Å². The van der Waals surface area contributed by atoms with Gasteiger partial charge in [0.2, 0.25) is 6.79 Å². The van der Waals surface area contributed by atoms with Crippen LogP contribution in [-0.2, 0) is 6.54 Å². The van der Waals surface area contributed by atoms with Gasteiger partial charge in [0.05, 0.1) is 30.6 Å². The summed E-state index contributed by atoms with van der Waals surface area (Å²) in [6.45, 7) is 3.26. The number of pyridine rings is 2. The Kier molecular flexibility index (Phi) is 6.12. The standard InChI is InChI=1S/C26H30N4O5/c1-28(2)6-7-29(3)8-9-30-25-18-12-23-24(35-15-34-23)13-20(18)27-14-19(25)16-10-21(32-4)22(33-5)11-17(16)26(30)31/h10-14H,6-9,15H2,1-5H3. The highest BCUT2D eigenvalue weighted by Crippen LogP contribution is 2.40. The van der Waals surface area contributed by atoms with Gasteiger partial charge in [-0.25, -0.2) is 0 Å². The van der Waals surface area contributed by atoms with Crippen LogP contribution in [0.1, 0.15) is 0 Å². The third-order valence-electron chi connectivity index (χ3n) is 6.53. The van der Waals surface area contributed by atoms with E-state index in [4.69, 9.17) is 23.9 Å². The molecule has 0 radical (unpaired) electrons. The Morgan fingerprint density at radius 2 is 1.57 bits per heavy atom. The van der Waals surface area contributed by atoms with Crippen LogP contribution in [0.2, 0.25) is 0 Å². The second-order valence-corrected chi connectivity index (χ2v) is 9.06. The van der Waals surface area contributed by atoms with E-state index in [1.54, 1.807) is 20.3 Å². The minimum absolute atomic E-state index is 0.0837. The average Bonchev–Trinajstić information content (AvgIpc) is 3.32. The van der Waals surface area contributed by atoms with Crippen molar-refractivity contribution in [2.24, 2.45) is 0 Å². The second kappa shape index (κ2) is 9.24. The van der Waals surface area contributed by atoms with Crippen LogP contribution in [0.3, 0.4) is 0 Å². The molecule has 0 saturated carbocycles. The number of benzene rings is 2. The molecular weight excluding hydrogens is 448 g/mol. The van der Waals surface area contributed by atoms with Crippen LogP contribution in [0.4, 0.5) is 0 Å². The molecule has 9 nitrogen and oxygen atoms in total. The predicted molar refractivity (Wildman–Crippen MR) is 136 cm³/mol. The summed E-state index contributed by atoms with van der Waals surface area (Å²) in [6, 6.07) is 7.40. The lowest BCUT2D eigenvalue weighted by Gasteiger charge is -2.21. The van der Waals surface area contributed by atoms with Crippen molar-refractivity contribution in [3.8, 4) is 23.0 Å². The normalized spacial score (nSPS) is 13.0. The quantitative estimate of drug-likeness (QED) is 0.358. The SMILES string of the molecule is COc1cc2c(=O)n(CCN(C)CCN(C)C)c3c4cc5c(cc4ncc3c2cc1OC)OCO5. The van der Waals surface area contributed by atoms with Crippen LogP contribution in [0.5, 0.6) is 23.0 Å². The lowest BCUT2D eigenvalue weighted by Crippen LogP contribution is -2.33. The molecule has 0 fully saturated rings. The van der Waals surface area contributed by atoms with E-state index in [0.717, 1.165) is 46.8 Å². The predicted octanol–water partition coefficient (Wildman–Crippen LogP) is 2.94. The van der Waals surface area contributed by atoms with E-state index in [1.807, 2.05) is 29.0 Å². The van der Waals surface area contributed by atoms with Gasteiger partial charge >= 0.3 is 0 Å². The van der Waals surface area contributed by atoms with Gasteiger partial charge in [-0.05, 0) is 39.3 Å². The summed E-state index contributed by atoms with van der Waals surface area (Å²) >= 11 is 0. The molecule has 0 bridgehead atoms. The molecule has 2 aromatic heterocycles. The molecular formula is C26H30N4O5. The molecule has 0 unspecified atom stereocenters. The third kappa shape index (κ3) is 4.11. The highest BCUT2D eigenvalue weighted by Gasteiger charge is 2.21. The van der Waals surface area contributed by atoms with Crippen LogP contribution < -0.4 is 24.5 Å². The van der Waals surface area contributed by atoms with Gasteiger partial charge < -0.3 is 33.3 Å². The number of likely N-dealkylation sites (N-methyl/N-ethyl adjacent to an activating group) is 2. The number of hydrogen-bond acceptors (Lipinski definition) is 8. The maximum absolute atomic E-state index is 13.9. The van der Waals surface area contributed by atoms with Gasteiger partial charge in [0.25, 0.3) is 5.56 Å². The highest BCUT2D eigenvalue weighted by molar-refractivity contribution is 6.15. The Morgan fingerprint density at radius 1 is 0.886 bits per heavy atom. The van der Waals surface area contributed by atoms with Crippen LogP contribution in [0.25, 0.3) is 32.6 Å². The van der Waals surface area contributed by atoms with E-state index in [-0.39, 0.29) is 12.4 Å². The molecule has 4 aromatic rings. The number of hydrogen-bond donors (Lipinski definition) is 0. The first kappa shape index (κ1) is 23.2. The molecule has 1 aliphatic rings. The van der Waals surface area contributed by atoms with Crippen LogP contribution in [-0.4, -0.2) is 81.1 Å². The Bertz CT molecular complexity index is 1480. The Morgan fingerprint density at radius 3 is 2.26 bits per heavy atom. The fraction of sp³-hybridized carbons (Fsp3) is 0.385. The van der Waals surface area contributed by atoms with Gasteiger partial charge in [-0.1, -0.05) is 0 Å². The number of methoxy groups -OCH3 is 2. The fourth-order valence-electron chi connectivity index (χ4n) is 4.55. The van der Waals surface area contributed by atoms with Crippen LogP contribution in [0, 0.1) is 0 Å². The van der Waals surface area contributed by atoms with Crippen molar-refractivity contribution in [1.29, 1.82) is 0 Å².